The lowest BCUT2D eigenvalue weighted by atomic mass is 9.36. The summed E-state index contributed by atoms with van der Waals surface area (Å²) in [4.78, 5) is 27.1. The molecule has 302 valence electrons. The zero-order valence-electron chi connectivity index (χ0n) is 34.2. The largest absolute Gasteiger partial charge is 0.493 e. The Bertz CT molecular complexity index is 1810. The Morgan fingerprint density at radius 2 is 1.64 bits per heavy atom. The number of hydrogen-bond acceptors (Lipinski definition) is 12. The second-order valence-electron chi connectivity index (χ2n) is 17.3. The number of aromatic nitrogens is 2. The fourth-order valence-electron chi connectivity index (χ4n) is 11.6. The average molecular weight is 765 g/mol. The minimum absolute atomic E-state index is 0.00860. The monoisotopic (exact) mass is 764 g/mol. The molecule has 55 heavy (non-hydrogen) atoms. The van der Waals surface area contributed by atoms with Crippen molar-refractivity contribution < 1.29 is 47.9 Å². The number of nitrogens with zero attached hydrogens (tertiary/aromatic N) is 2. The number of hydrogen-bond donors (Lipinski definition) is 2. The summed E-state index contributed by atoms with van der Waals surface area (Å²) >= 11 is 0. The fraction of sp³-hybridized carbons (Fsp3) is 0.674. The van der Waals surface area contributed by atoms with Gasteiger partial charge in [0.1, 0.15) is 6.10 Å². The third kappa shape index (κ3) is 7.06. The van der Waals surface area contributed by atoms with Crippen molar-refractivity contribution in [1.29, 1.82) is 0 Å². The molecule has 4 fully saturated rings. The lowest BCUT2D eigenvalue weighted by Crippen LogP contribution is -2.65. The number of methoxy groups -OCH3 is 3. The zero-order valence-corrected chi connectivity index (χ0v) is 34.2. The number of aliphatic hydroxyl groups excluding tert-OH is 2. The van der Waals surface area contributed by atoms with Gasteiger partial charge in [0.15, 0.2) is 18.1 Å². The SMILES string of the molecule is COc1cc(-c2nnc(COC(=O)/C(CCC=C(C)C)=C3\[C@@H](OC(C)=O)C[C@@]4(C)[C@H]3C[C@@H](O)[C@H]3[C@@]5(C)CC[C@@H](O)[C@@H](C)[C@@H]5CC[C@@]34C)o2)cc(OC)c1OC. The number of fused-ring (bicyclic) bond motifs is 5. The maximum Gasteiger partial charge on any atom is 0.334 e. The molecule has 1 aromatic carbocycles. The van der Waals surface area contributed by atoms with Gasteiger partial charge in [-0.05, 0) is 123 Å². The molecule has 12 heteroatoms. The van der Waals surface area contributed by atoms with Gasteiger partial charge >= 0.3 is 11.9 Å². The normalized spacial score (nSPS) is 34.7. The van der Waals surface area contributed by atoms with Crippen LogP contribution >= 0.6 is 0 Å². The standard InChI is InChI=1S/C43H60N2O10/c1-23(2)12-11-13-27(40(49)53-22-35-44-45-39(55-35)26-18-32(50-8)37(52-10)33(19-26)51-9)36-29-20-31(48)38-41(5)16-15-30(47)24(3)28(41)14-17-42(38,6)43(29,7)21-34(36)54-25(4)46/h12,18-19,24,28-31,34,38,47-48H,11,13-17,20-22H2,1-10H3/b36-27-/t24-,28-,29-,30+,31+,34-,38-,41-,42-,43-/m0/s1. The van der Waals surface area contributed by atoms with Gasteiger partial charge in [-0.15, -0.1) is 10.2 Å². The highest BCUT2D eigenvalue weighted by Gasteiger charge is 2.71. The van der Waals surface area contributed by atoms with Gasteiger partial charge in [0.25, 0.3) is 5.89 Å². The van der Waals surface area contributed by atoms with E-state index in [1.54, 1.807) is 12.1 Å². The Morgan fingerprint density at radius 3 is 2.25 bits per heavy atom. The number of aliphatic hydroxyl groups is 2. The number of carbonyl (C=O) groups is 2. The van der Waals surface area contributed by atoms with Crippen LogP contribution in [0.2, 0.25) is 0 Å². The molecule has 4 aliphatic carbocycles. The Labute approximate surface area is 325 Å². The molecule has 0 spiro atoms. The van der Waals surface area contributed by atoms with E-state index in [1.165, 1.54) is 28.3 Å². The molecule has 2 N–H and O–H groups in total. The van der Waals surface area contributed by atoms with Crippen LogP contribution in [0.15, 0.2) is 39.3 Å². The molecule has 10 atom stereocenters. The molecule has 1 heterocycles. The number of esters is 2. The van der Waals surface area contributed by atoms with Crippen LogP contribution in [0.5, 0.6) is 17.2 Å². The van der Waals surface area contributed by atoms with Crippen LogP contribution in [0, 0.1) is 39.9 Å². The van der Waals surface area contributed by atoms with Crippen LogP contribution in [0.3, 0.4) is 0 Å². The summed E-state index contributed by atoms with van der Waals surface area (Å²) in [5.74, 6) is 0.810. The second-order valence-corrected chi connectivity index (χ2v) is 17.3. The van der Waals surface area contributed by atoms with E-state index >= 15 is 0 Å². The molecule has 0 amide bonds. The van der Waals surface area contributed by atoms with Crippen molar-refractivity contribution >= 4 is 11.9 Å². The van der Waals surface area contributed by atoms with E-state index in [9.17, 15) is 19.8 Å². The first kappa shape index (κ1) is 40.8. The van der Waals surface area contributed by atoms with Gasteiger partial charge in [-0.25, -0.2) is 4.79 Å². The van der Waals surface area contributed by atoms with E-state index in [4.69, 9.17) is 28.1 Å². The van der Waals surface area contributed by atoms with Crippen molar-refractivity contribution in [2.75, 3.05) is 21.3 Å². The lowest BCUT2D eigenvalue weighted by molar-refractivity contribution is -0.234. The van der Waals surface area contributed by atoms with E-state index in [-0.39, 0.29) is 58.5 Å². The predicted molar refractivity (Wildman–Crippen MR) is 204 cm³/mol. The van der Waals surface area contributed by atoms with Crippen LogP contribution < -0.4 is 14.2 Å². The van der Waals surface area contributed by atoms with Crippen LogP contribution in [-0.2, 0) is 25.7 Å². The van der Waals surface area contributed by atoms with E-state index < -0.39 is 24.1 Å². The fourth-order valence-corrected chi connectivity index (χ4v) is 11.6. The molecule has 0 radical (unpaired) electrons. The van der Waals surface area contributed by atoms with Crippen molar-refractivity contribution in [1.82, 2.24) is 10.2 Å². The molecular weight excluding hydrogens is 704 g/mol. The van der Waals surface area contributed by atoms with Gasteiger partial charge in [-0.2, -0.15) is 0 Å². The Hall–Kier alpha value is -3.90. The molecule has 4 aliphatic rings. The zero-order chi connectivity index (χ0) is 40.0. The Kier molecular flexibility index (Phi) is 11.5. The quantitative estimate of drug-likeness (QED) is 0.133. The van der Waals surface area contributed by atoms with Crippen LogP contribution in [0.1, 0.15) is 106 Å². The van der Waals surface area contributed by atoms with Crippen LogP contribution in [0.25, 0.3) is 11.5 Å². The van der Waals surface area contributed by atoms with Crippen LogP contribution in [-0.4, -0.2) is 72.0 Å². The molecule has 0 aliphatic heterocycles. The van der Waals surface area contributed by atoms with Gasteiger partial charge < -0.3 is 38.3 Å². The van der Waals surface area contributed by atoms with E-state index in [0.29, 0.717) is 60.0 Å². The van der Waals surface area contributed by atoms with Crippen molar-refractivity contribution in [3.8, 4) is 28.7 Å². The van der Waals surface area contributed by atoms with Gasteiger partial charge in [0.2, 0.25) is 11.6 Å². The molecule has 0 unspecified atom stereocenters. The summed E-state index contributed by atoms with van der Waals surface area (Å²) in [6, 6.07) is 3.38. The van der Waals surface area contributed by atoms with Crippen molar-refractivity contribution in [2.24, 2.45) is 39.9 Å². The molecule has 0 bridgehead atoms. The van der Waals surface area contributed by atoms with E-state index in [0.717, 1.165) is 36.8 Å². The number of ether oxygens (including phenoxy) is 5. The lowest BCUT2D eigenvalue weighted by Gasteiger charge is -2.69. The third-order valence-electron chi connectivity index (χ3n) is 14.3. The summed E-state index contributed by atoms with van der Waals surface area (Å²) in [5, 5.41) is 31.5. The van der Waals surface area contributed by atoms with Gasteiger partial charge in [0, 0.05) is 18.1 Å². The summed E-state index contributed by atoms with van der Waals surface area (Å²) < 4.78 is 34.4. The first-order valence-corrected chi connectivity index (χ1v) is 19.7. The van der Waals surface area contributed by atoms with E-state index in [1.807, 2.05) is 13.8 Å². The summed E-state index contributed by atoms with van der Waals surface area (Å²) in [6.45, 7) is 14.3. The highest BCUT2D eigenvalue weighted by atomic mass is 16.6. The number of benzene rings is 1. The number of allylic oxidation sites excluding steroid dienone is 2. The van der Waals surface area contributed by atoms with Crippen molar-refractivity contribution in [3.63, 3.8) is 0 Å². The summed E-state index contributed by atoms with van der Waals surface area (Å²) in [6.07, 6.45) is 5.83. The van der Waals surface area contributed by atoms with Gasteiger partial charge in [-0.3, -0.25) is 4.79 Å². The van der Waals surface area contributed by atoms with E-state index in [2.05, 4.69) is 44.0 Å². The van der Waals surface area contributed by atoms with Crippen LogP contribution in [0.4, 0.5) is 0 Å². The molecule has 4 saturated carbocycles. The topological polar surface area (TPSA) is 160 Å². The first-order chi connectivity index (χ1) is 26.0. The minimum Gasteiger partial charge on any atom is -0.493 e. The Balaban J connectivity index is 1.35. The minimum atomic E-state index is -0.641. The van der Waals surface area contributed by atoms with Gasteiger partial charge in [0.05, 0.1) is 33.5 Å². The molecular formula is C43H60N2O10. The maximum atomic E-state index is 14.4. The maximum absolute atomic E-state index is 14.4. The highest BCUT2D eigenvalue weighted by Crippen LogP contribution is 2.74. The van der Waals surface area contributed by atoms with Crippen molar-refractivity contribution in [2.45, 2.75) is 125 Å². The Morgan fingerprint density at radius 1 is 0.945 bits per heavy atom. The molecule has 0 saturated heterocycles. The molecule has 2 aromatic rings. The summed E-state index contributed by atoms with van der Waals surface area (Å²) in [7, 11) is 4.55. The van der Waals surface area contributed by atoms with Gasteiger partial charge in [-0.1, -0.05) is 39.3 Å². The second kappa shape index (κ2) is 15.6. The third-order valence-corrected chi connectivity index (χ3v) is 14.3. The molecule has 12 nitrogen and oxygen atoms in total. The average Bonchev–Trinajstić information content (AvgIpc) is 3.72. The van der Waals surface area contributed by atoms with Crippen molar-refractivity contribution in [3.05, 3.63) is 40.8 Å². The molecule has 6 rings (SSSR count). The predicted octanol–water partition coefficient (Wildman–Crippen LogP) is 7.40. The number of rotatable bonds is 11. The molecule has 1 aromatic heterocycles. The first-order valence-electron chi connectivity index (χ1n) is 19.7. The highest BCUT2D eigenvalue weighted by molar-refractivity contribution is 5.90. The smallest absolute Gasteiger partial charge is 0.334 e. The summed E-state index contributed by atoms with van der Waals surface area (Å²) in [5.41, 5.74) is 2.02. The number of carbonyl (C=O) groups excluding carboxylic acids is 2.